The maximum absolute atomic E-state index is 12.6. The summed E-state index contributed by atoms with van der Waals surface area (Å²) in [7, 11) is 0. The van der Waals surface area contributed by atoms with E-state index in [-0.39, 0.29) is 17.2 Å². The van der Waals surface area contributed by atoms with Crippen LogP contribution in [0.4, 0.5) is 11.5 Å². The highest BCUT2D eigenvalue weighted by Crippen LogP contribution is 2.33. The molecule has 4 heterocycles. The number of amides is 1. The maximum Gasteiger partial charge on any atom is 0.259 e. The van der Waals surface area contributed by atoms with E-state index in [1.165, 1.54) is 28.6 Å². The minimum Gasteiger partial charge on any atom is -0.355 e. The number of hydrogen-bond acceptors (Lipinski definition) is 7. The fraction of sp³-hybridized carbons (Fsp3) is 0.455. The highest BCUT2D eigenvalue weighted by Gasteiger charge is 2.20. The van der Waals surface area contributed by atoms with E-state index in [9.17, 15) is 9.59 Å². The van der Waals surface area contributed by atoms with Crippen molar-refractivity contribution in [3.05, 3.63) is 44.9 Å². The molecule has 0 aromatic carbocycles. The van der Waals surface area contributed by atoms with Crippen molar-refractivity contribution in [1.82, 2.24) is 15.0 Å². The highest BCUT2D eigenvalue weighted by molar-refractivity contribution is 7.99. The number of aromatic nitrogens is 3. The largest absolute Gasteiger partial charge is 0.355 e. The number of carbonyl (C=O) groups is 1. The molecule has 2 N–H and O–H groups in total. The normalized spacial score (nSPS) is 15.9. The van der Waals surface area contributed by atoms with Crippen LogP contribution < -0.4 is 15.8 Å². The molecule has 9 heteroatoms. The number of aryl methyl sites for hydroxylation is 2. The molecule has 1 aliphatic carbocycles. The molecule has 1 saturated heterocycles. The van der Waals surface area contributed by atoms with Crippen molar-refractivity contribution in [2.75, 3.05) is 29.1 Å². The predicted molar refractivity (Wildman–Crippen MR) is 127 cm³/mol. The van der Waals surface area contributed by atoms with E-state index in [0.717, 1.165) is 66.9 Å². The van der Waals surface area contributed by atoms with E-state index in [4.69, 9.17) is 0 Å². The second-order valence-corrected chi connectivity index (χ2v) is 10.1. The summed E-state index contributed by atoms with van der Waals surface area (Å²) >= 11 is 3.10. The summed E-state index contributed by atoms with van der Waals surface area (Å²) in [5, 5.41) is 3.77. The van der Waals surface area contributed by atoms with Gasteiger partial charge in [-0.15, -0.1) is 23.1 Å². The van der Waals surface area contributed by atoms with Crippen molar-refractivity contribution in [3.63, 3.8) is 0 Å². The first kappa shape index (κ1) is 20.5. The summed E-state index contributed by atoms with van der Waals surface area (Å²) in [5.74, 6) is 2.18. The van der Waals surface area contributed by atoms with Gasteiger partial charge in [0.1, 0.15) is 10.7 Å². The number of thiophene rings is 1. The lowest BCUT2D eigenvalue weighted by molar-refractivity contribution is -0.113. The topological polar surface area (TPSA) is 91.0 Å². The molecule has 1 aliphatic heterocycles. The van der Waals surface area contributed by atoms with Crippen molar-refractivity contribution < 1.29 is 4.79 Å². The lowest BCUT2D eigenvalue weighted by Gasteiger charge is -2.19. The van der Waals surface area contributed by atoms with Gasteiger partial charge in [0, 0.05) is 24.2 Å². The van der Waals surface area contributed by atoms with Gasteiger partial charge in [-0.1, -0.05) is 0 Å². The molecule has 2 aliphatic rings. The van der Waals surface area contributed by atoms with Gasteiger partial charge in [0.05, 0.1) is 22.6 Å². The van der Waals surface area contributed by atoms with Crippen molar-refractivity contribution >= 4 is 50.7 Å². The Morgan fingerprint density at radius 1 is 1.23 bits per heavy atom. The monoisotopic (exact) mass is 455 g/mol. The number of fused-ring (bicyclic) bond motifs is 3. The van der Waals surface area contributed by atoms with Gasteiger partial charge in [0.2, 0.25) is 5.91 Å². The smallest absolute Gasteiger partial charge is 0.259 e. The van der Waals surface area contributed by atoms with Crippen LogP contribution in [0.5, 0.6) is 0 Å². The van der Waals surface area contributed by atoms with Gasteiger partial charge in [-0.25, -0.2) is 9.97 Å². The molecule has 0 radical (unpaired) electrons. The molecule has 7 nitrogen and oxygen atoms in total. The van der Waals surface area contributed by atoms with Gasteiger partial charge in [-0.05, 0) is 56.2 Å². The molecule has 3 aromatic heterocycles. The Balaban J connectivity index is 1.22. The zero-order valence-corrected chi connectivity index (χ0v) is 18.9. The van der Waals surface area contributed by atoms with Crippen LogP contribution in [-0.2, 0) is 23.4 Å². The van der Waals surface area contributed by atoms with Gasteiger partial charge in [-0.3, -0.25) is 9.59 Å². The van der Waals surface area contributed by atoms with Crippen LogP contribution >= 0.6 is 23.1 Å². The molecule has 0 atom stereocenters. The molecule has 5 rings (SSSR count). The van der Waals surface area contributed by atoms with E-state index in [2.05, 4.69) is 25.2 Å². The lowest BCUT2D eigenvalue weighted by Crippen LogP contribution is -2.23. The van der Waals surface area contributed by atoms with Gasteiger partial charge >= 0.3 is 0 Å². The zero-order chi connectivity index (χ0) is 21.2. The van der Waals surface area contributed by atoms with Crippen molar-refractivity contribution in [2.24, 2.45) is 0 Å². The van der Waals surface area contributed by atoms with Crippen LogP contribution in [0, 0.1) is 0 Å². The van der Waals surface area contributed by atoms with Gasteiger partial charge in [0.15, 0.2) is 5.82 Å². The fourth-order valence-corrected chi connectivity index (χ4v) is 6.35. The van der Waals surface area contributed by atoms with Crippen LogP contribution in [0.3, 0.4) is 0 Å². The number of rotatable bonds is 6. The molecular formula is C22H25N5O2S2. The molecule has 0 saturated carbocycles. The van der Waals surface area contributed by atoms with Crippen LogP contribution in [0.1, 0.15) is 41.9 Å². The standard InChI is InChI=1S/C22H25N5O2S2/c28-18(24-15-7-5-9-23-20(15)27-10-3-4-11-27)13-30-12-17-25-21(29)19-14-6-1-2-8-16(14)31-22(19)26-17/h5,7,9H,1-4,6,8,10-13H2,(H,24,28)(H,25,26,29). The number of nitrogens with one attached hydrogen (secondary N) is 2. The highest BCUT2D eigenvalue weighted by atomic mass is 32.2. The zero-order valence-electron chi connectivity index (χ0n) is 17.3. The Labute approximate surface area is 188 Å². The first-order chi connectivity index (χ1) is 15.2. The quantitative estimate of drug-likeness (QED) is 0.589. The van der Waals surface area contributed by atoms with Crippen molar-refractivity contribution in [1.29, 1.82) is 0 Å². The van der Waals surface area contributed by atoms with E-state index in [1.807, 2.05) is 12.1 Å². The third kappa shape index (κ3) is 4.34. The van der Waals surface area contributed by atoms with Gasteiger partial charge in [0.25, 0.3) is 5.56 Å². The number of anilines is 2. The van der Waals surface area contributed by atoms with Crippen molar-refractivity contribution in [2.45, 2.75) is 44.3 Å². The summed E-state index contributed by atoms with van der Waals surface area (Å²) in [6.45, 7) is 1.95. The summed E-state index contributed by atoms with van der Waals surface area (Å²) in [4.78, 5) is 41.6. The molecule has 162 valence electrons. The second kappa shape index (κ2) is 9.00. The summed E-state index contributed by atoms with van der Waals surface area (Å²) in [5.41, 5.74) is 1.91. The number of thioether (sulfide) groups is 1. The Bertz CT molecular complexity index is 1170. The SMILES string of the molecule is O=C(CSCc1nc2sc3c(c2c(=O)[nH]1)CCCC3)Nc1cccnc1N1CCCC1. The molecular weight excluding hydrogens is 430 g/mol. The third-order valence-electron chi connectivity index (χ3n) is 5.81. The predicted octanol–water partition coefficient (Wildman–Crippen LogP) is 3.73. The Morgan fingerprint density at radius 2 is 2.06 bits per heavy atom. The van der Waals surface area contributed by atoms with Crippen LogP contribution in [0.2, 0.25) is 0 Å². The number of nitrogens with zero attached hydrogens (tertiary/aromatic N) is 3. The fourth-order valence-electron chi connectivity index (χ4n) is 4.38. The number of aromatic amines is 1. The molecule has 0 bridgehead atoms. The van der Waals surface area contributed by atoms with Crippen molar-refractivity contribution in [3.8, 4) is 0 Å². The Kier molecular flexibility index (Phi) is 5.95. The molecule has 1 fully saturated rings. The van der Waals surface area contributed by atoms with E-state index in [0.29, 0.717) is 11.6 Å². The minimum atomic E-state index is -0.0755. The Morgan fingerprint density at radius 3 is 2.94 bits per heavy atom. The molecule has 1 amide bonds. The van der Waals surface area contributed by atoms with E-state index in [1.54, 1.807) is 17.5 Å². The van der Waals surface area contributed by atoms with Gasteiger partial charge < -0.3 is 15.2 Å². The Hall–Kier alpha value is -2.39. The molecule has 0 spiro atoms. The lowest BCUT2D eigenvalue weighted by atomic mass is 9.97. The summed E-state index contributed by atoms with van der Waals surface area (Å²) < 4.78 is 0. The molecule has 31 heavy (non-hydrogen) atoms. The average molecular weight is 456 g/mol. The first-order valence-corrected chi connectivity index (χ1v) is 12.8. The van der Waals surface area contributed by atoms with Gasteiger partial charge in [-0.2, -0.15) is 0 Å². The number of carbonyl (C=O) groups excluding carboxylic acids is 1. The molecule has 3 aromatic rings. The second-order valence-electron chi connectivity index (χ2n) is 8.01. The minimum absolute atomic E-state index is 0.0462. The van der Waals surface area contributed by atoms with Crippen LogP contribution in [0.25, 0.3) is 10.2 Å². The van der Waals surface area contributed by atoms with E-state index < -0.39 is 0 Å². The maximum atomic E-state index is 12.6. The average Bonchev–Trinajstić information content (AvgIpc) is 3.42. The number of hydrogen-bond donors (Lipinski definition) is 2. The number of pyridine rings is 1. The summed E-state index contributed by atoms with van der Waals surface area (Å²) in [6, 6.07) is 3.74. The first-order valence-electron chi connectivity index (χ1n) is 10.8. The number of H-pyrrole nitrogens is 1. The van der Waals surface area contributed by atoms with Crippen LogP contribution in [-0.4, -0.2) is 39.7 Å². The van der Waals surface area contributed by atoms with E-state index >= 15 is 0 Å². The van der Waals surface area contributed by atoms with Crippen LogP contribution in [0.15, 0.2) is 23.1 Å². The molecule has 0 unspecified atom stereocenters. The third-order valence-corrected chi connectivity index (χ3v) is 7.94. The summed E-state index contributed by atoms with van der Waals surface area (Å²) in [6.07, 6.45) is 8.42.